The van der Waals surface area contributed by atoms with Crippen molar-refractivity contribution < 1.29 is 13.9 Å². The van der Waals surface area contributed by atoms with Gasteiger partial charge in [0, 0.05) is 12.6 Å². The van der Waals surface area contributed by atoms with Crippen LogP contribution < -0.4 is 10.1 Å². The molecule has 0 saturated heterocycles. The lowest BCUT2D eigenvalue weighted by Crippen LogP contribution is -2.17. The number of nitrogens with zero attached hydrogens (tertiary/aromatic N) is 1. The third-order valence-electron chi connectivity index (χ3n) is 4.06. The first-order chi connectivity index (χ1) is 12.1. The average Bonchev–Trinajstić information content (AvgIpc) is 3.07. The number of nitrogens with one attached hydrogen (secondary N) is 1. The molecule has 1 amide bonds. The molecule has 5 heteroatoms. The quantitative estimate of drug-likeness (QED) is 0.767. The van der Waals surface area contributed by atoms with Crippen LogP contribution in [0.3, 0.4) is 0 Å². The van der Waals surface area contributed by atoms with Gasteiger partial charge >= 0.3 is 0 Å². The largest absolute Gasteiger partial charge is 0.484 e. The fourth-order valence-corrected chi connectivity index (χ4v) is 2.51. The summed E-state index contributed by atoms with van der Waals surface area (Å²) in [4.78, 5) is 16.6. The minimum atomic E-state index is -0.315. The molecule has 1 heterocycles. The first kappa shape index (κ1) is 16.8. The Morgan fingerprint density at radius 2 is 1.88 bits per heavy atom. The van der Waals surface area contributed by atoms with Gasteiger partial charge in [-0.2, -0.15) is 0 Å². The number of carbonyl (C=O) groups excluding carboxylic acids is 1. The molecule has 0 bridgehead atoms. The molecule has 1 aromatic heterocycles. The lowest BCUT2D eigenvalue weighted by molar-refractivity contribution is 0.0932. The zero-order chi connectivity index (χ0) is 17.8. The van der Waals surface area contributed by atoms with Gasteiger partial charge in [0.05, 0.1) is 0 Å². The predicted octanol–water partition coefficient (Wildman–Crippen LogP) is 3.90. The molecule has 0 spiro atoms. The van der Waals surface area contributed by atoms with Crippen LogP contribution in [-0.4, -0.2) is 17.9 Å². The summed E-state index contributed by atoms with van der Waals surface area (Å²) in [7, 11) is 1.56. The predicted molar refractivity (Wildman–Crippen MR) is 95.6 cm³/mol. The number of oxazole rings is 1. The van der Waals surface area contributed by atoms with Gasteiger partial charge in [0.15, 0.2) is 6.61 Å². The Kier molecular flexibility index (Phi) is 4.84. The minimum absolute atomic E-state index is 0.154. The van der Waals surface area contributed by atoms with Crippen LogP contribution in [0.25, 0.3) is 11.3 Å². The van der Waals surface area contributed by atoms with E-state index < -0.39 is 0 Å². The van der Waals surface area contributed by atoms with Crippen LogP contribution in [0.4, 0.5) is 0 Å². The van der Waals surface area contributed by atoms with Crippen molar-refractivity contribution >= 4 is 5.91 Å². The molecular weight excluding hydrogens is 316 g/mol. The van der Waals surface area contributed by atoms with Crippen LogP contribution in [0.2, 0.25) is 0 Å². The molecule has 25 heavy (non-hydrogen) atoms. The van der Waals surface area contributed by atoms with Crippen molar-refractivity contribution in [2.24, 2.45) is 0 Å². The Bertz CT molecular complexity index is 885. The fourth-order valence-electron chi connectivity index (χ4n) is 2.51. The van der Waals surface area contributed by atoms with E-state index >= 15 is 0 Å². The zero-order valence-corrected chi connectivity index (χ0v) is 14.5. The number of rotatable bonds is 5. The highest BCUT2D eigenvalue weighted by atomic mass is 16.5. The number of hydrogen-bond acceptors (Lipinski definition) is 4. The third-order valence-corrected chi connectivity index (χ3v) is 4.06. The number of amides is 1. The van der Waals surface area contributed by atoms with Crippen LogP contribution >= 0.6 is 0 Å². The minimum Gasteiger partial charge on any atom is -0.484 e. The van der Waals surface area contributed by atoms with Crippen molar-refractivity contribution in [1.82, 2.24) is 10.3 Å². The van der Waals surface area contributed by atoms with Crippen LogP contribution in [0.15, 0.2) is 52.9 Å². The molecular formula is C20H20N2O3. The van der Waals surface area contributed by atoms with Crippen LogP contribution in [-0.2, 0) is 6.61 Å². The van der Waals surface area contributed by atoms with Gasteiger partial charge in [-0.3, -0.25) is 4.79 Å². The number of benzene rings is 2. The van der Waals surface area contributed by atoms with E-state index in [0.717, 1.165) is 22.4 Å². The summed E-state index contributed by atoms with van der Waals surface area (Å²) in [6, 6.07) is 15.4. The van der Waals surface area contributed by atoms with Crippen molar-refractivity contribution in [3.8, 4) is 17.0 Å². The van der Waals surface area contributed by atoms with Gasteiger partial charge in [-0.05, 0) is 31.0 Å². The Morgan fingerprint density at radius 1 is 1.12 bits per heavy atom. The second-order valence-corrected chi connectivity index (χ2v) is 5.72. The topological polar surface area (TPSA) is 64.4 Å². The average molecular weight is 336 g/mol. The van der Waals surface area contributed by atoms with Crippen LogP contribution in [0.1, 0.15) is 27.6 Å². The molecule has 0 aliphatic carbocycles. The molecule has 2 aromatic carbocycles. The lowest BCUT2D eigenvalue weighted by atomic mass is 10.1. The highest BCUT2D eigenvalue weighted by molar-refractivity contribution is 5.97. The maximum Gasteiger partial charge on any atom is 0.289 e. The molecule has 0 unspecified atom stereocenters. The number of carbonyl (C=O) groups is 1. The standard InChI is InChI=1S/C20H20N2O3/c1-13-8-7-11-16(14(13)2)24-12-17-22-18(15-9-5-4-6-10-15)19(25-17)20(23)21-3/h4-11H,12H2,1-3H3,(H,21,23). The van der Waals surface area contributed by atoms with E-state index in [-0.39, 0.29) is 18.3 Å². The van der Waals surface area contributed by atoms with E-state index in [1.165, 1.54) is 0 Å². The maximum absolute atomic E-state index is 12.1. The molecule has 1 N–H and O–H groups in total. The van der Waals surface area contributed by atoms with Crippen LogP contribution in [0.5, 0.6) is 5.75 Å². The van der Waals surface area contributed by atoms with Gasteiger partial charge in [-0.15, -0.1) is 0 Å². The first-order valence-electron chi connectivity index (χ1n) is 8.06. The SMILES string of the molecule is CNC(=O)c1oc(COc2cccc(C)c2C)nc1-c1ccccc1. The van der Waals surface area contributed by atoms with E-state index in [9.17, 15) is 4.79 Å². The highest BCUT2D eigenvalue weighted by Crippen LogP contribution is 2.26. The summed E-state index contributed by atoms with van der Waals surface area (Å²) >= 11 is 0. The van der Waals surface area contributed by atoms with Gasteiger partial charge in [0.1, 0.15) is 11.4 Å². The molecule has 0 atom stereocenters. The van der Waals surface area contributed by atoms with E-state index in [1.807, 2.05) is 62.4 Å². The molecule has 0 fully saturated rings. The summed E-state index contributed by atoms with van der Waals surface area (Å²) < 4.78 is 11.5. The Hall–Kier alpha value is -3.08. The Morgan fingerprint density at radius 3 is 2.60 bits per heavy atom. The van der Waals surface area contributed by atoms with Crippen molar-refractivity contribution in [3.63, 3.8) is 0 Å². The molecule has 0 aliphatic rings. The summed E-state index contributed by atoms with van der Waals surface area (Å²) in [5.41, 5.74) is 3.56. The number of ether oxygens (including phenoxy) is 1. The van der Waals surface area contributed by atoms with E-state index in [2.05, 4.69) is 10.3 Å². The monoisotopic (exact) mass is 336 g/mol. The number of hydrogen-bond donors (Lipinski definition) is 1. The lowest BCUT2D eigenvalue weighted by Gasteiger charge is -2.08. The van der Waals surface area contributed by atoms with Crippen molar-refractivity contribution in [3.05, 3.63) is 71.3 Å². The summed E-state index contributed by atoms with van der Waals surface area (Å²) in [5.74, 6) is 1.01. The Labute approximate surface area is 146 Å². The first-order valence-corrected chi connectivity index (χ1v) is 8.06. The van der Waals surface area contributed by atoms with Crippen molar-refractivity contribution in [2.75, 3.05) is 7.05 Å². The van der Waals surface area contributed by atoms with E-state index in [1.54, 1.807) is 7.05 Å². The van der Waals surface area contributed by atoms with Gasteiger partial charge < -0.3 is 14.5 Å². The van der Waals surface area contributed by atoms with Gasteiger partial charge in [-0.1, -0.05) is 42.5 Å². The normalized spacial score (nSPS) is 10.5. The van der Waals surface area contributed by atoms with E-state index in [0.29, 0.717) is 11.6 Å². The second kappa shape index (κ2) is 7.21. The third kappa shape index (κ3) is 3.55. The van der Waals surface area contributed by atoms with E-state index in [4.69, 9.17) is 9.15 Å². The molecule has 0 saturated carbocycles. The molecule has 3 aromatic rings. The molecule has 3 rings (SSSR count). The van der Waals surface area contributed by atoms with Gasteiger partial charge in [0.25, 0.3) is 5.91 Å². The molecule has 128 valence electrons. The summed E-state index contributed by atoms with van der Waals surface area (Å²) in [6.45, 7) is 4.19. The highest BCUT2D eigenvalue weighted by Gasteiger charge is 2.21. The van der Waals surface area contributed by atoms with Crippen molar-refractivity contribution in [1.29, 1.82) is 0 Å². The van der Waals surface area contributed by atoms with Crippen LogP contribution in [0, 0.1) is 13.8 Å². The molecule has 0 aliphatic heterocycles. The summed E-state index contributed by atoms with van der Waals surface area (Å²) in [6.07, 6.45) is 0. The smallest absolute Gasteiger partial charge is 0.289 e. The van der Waals surface area contributed by atoms with Gasteiger partial charge in [-0.25, -0.2) is 4.98 Å². The number of aromatic nitrogens is 1. The number of aryl methyl sites for hydroxylation is 1. The molecule has 0 radical (unpaired) electrons. The molecule has 5 nitrogen and oxygen atoms in total. The van der Waals surface area contributed by atoms with Gasteiger partial charge in [0.2, 0.25) is 11.7 Å². The van der Waals surface area contributed by atoms with Crippen molar-refractivity contribution in [2.45, 2.75) is 20.5 Å². The maximum atomic E-state index is 12.1. The summed E-state index contributed by atoms with van der Waals surface area (Å²) in [5, 5.41) is 2.58. The second-order valence-electron chi connectivity index (χ2n) is 5.72. The Balaban J connectivity index is 1.89. The fraction of sp³-hybridized carbons (Fsp3) is 0.200. The zero-order valence-electron chi connectivity index (χ0n) is 14.5.